The van der Waals surface area contributed by atoms with Crippen LogP contribution in [0.15, 0.2) is 23.1 Å². The Kier molecular flexibility index (Phi) is 3.87. The molecule has 1 amide bonds. The van der Waals surface area contributed by atoms with Crippen molar-refractivity contribution in [1.29, 1.82) is 0 Å². The molecule has 0 bridgehead atoms. The average molecular weight is 290 g/mol. The van der Waals surface area contributed by atoms with Crippen LogP contribution >= 0.6 is 22.4 Å². The smallest absolute Gasteiger partial charge is 0.274 e. The van der Waals surface area contributed by atoms with E-state index in [1.54, 1.807) is 6.07 Å². The van der Waals surface area contributed by atoms with Crippen LogP contribution in [0.4, 0.5) is 0 Å². The molecule has 1 aliphatic heterocycles. The lowest BCUT2D eigenvalue weighted by molar-refractivity contribution is 0.0861. The second-order valence-electron chi connectivity index (χ2n) is 4.27. The van der Waals surface area contributed by atoms with Crippen LogP contribution in [0.25, 0.3) is 0 Å². The van der Waals surface area contributed by atoms with Gasteiger partial charge < -0.3 is 0 Å². The van der Waals surface area contributed by atoms with Crippen molar-refractivity contribution < 1.29 is 13.9 Å². The topological polar surface area (TPSA) is 60.8 Å². The van der Waals surface area contributed by atoms with Crippen LogP contribution in [0, 0.1) is 0 Å². The molecule has 0 spiro atoms. The molecule has 100 valence electrons. The Morgan fingerprint density at radius 2 is 2.06 bits per heavy atom. The molecule has 0 saturated heterocycles. The minimum absolute atomic E-state index is 0.286. The van der Waals surface area contributed by atoms with Crippen LogP contribution in [0.5, 0.6) is 0 Å². The van der Waals surface area contributed by atoms with Gasteiger partial charge in [0.2, 0.25) is 0 Å². The monoisotopic (exact) mass is 289 g/mol. The van der Waals surface area contributed by atoms with Crippen LogP contribution in [0.3, 0.4) is 0 Å². The van der Waals surface area contributed by atoms with E-state index in [2.05, 4.69) is 6.92 Å². The van der Waals surface area contributed by atoms with Gasteiger partial charge in [-0.05, 0) is 24.6 Å². The number of hydrogen-bond donors (Lipinski definition) is 2. The highest BCUT2D eigenvalue weighted by molar-refractivity contribution is 8.23. The van der Waals surface area contributed by atoms with E-state index in [4.69, 9.17) is 11.6 Å². The summed E-state index contributed by atoms with van der Waals surface area (Å²) in [5, 5.41) is 0.424. The summed E-state index contributed by atoms with van der Waals surface area (Å²) in [6.45, 7) is 2.42. The maximum absolute atomic E-state index is 12.1. The van der Waals surface area contributed by atoms with E-state index in [-0.39, 0.29) is 10.8 Å². The Hall–Kier alpha value is -0.750. The van der Waals surface area contributed by atoms with Crippen molar-refractivity contribution in [3.8, 4) is 0 Å². The fourth-order valence-corrected chi connectivity index (χ4v) is 3.83. The van der Waals surface area contributed by atoms with Gasteiger partial charge in [0, 0.05) is 11.6 Å². The summed E-state index contributed by atoms with van der Waals surface area (Å²) in [5.74, 6) is -0.344. The van der Waals surface area contributed by atoms with Gasteiger partial charge in [-0.25, -0.2) is 4.31 Å². The number of carbonyl (C=O) groups is 1. The molecule has 0 atom stereocenters. The second-order valence-corrected chi connectivity index (χ2v) is 6.63. The third-order valence-corrected chi connectivity index (χ3v) is 5.11. The fraction of sp³-hybridized carbons (Fsp3) is 0.417. The first-order valence-electron chi connectivity index (χ1n) is 5.88. The van der Waals surface area contributed by atoms with E-state index < -0.39 is 10.8 Å². The van der Waals surface area contributed by atoms with Crippen LogP contribution in [0.1, 0.15) is 36.5 Å². The van der Waals surface area contributed by atoms with Gasteiger partial charge in [-0.1, -0.05) is 42.1 Å². The minimum Gasteiger partial charge on any atom is -0.277 e. The molecule has 0 fully saturated rings. The summed E-state index contributed by atoms with van der Waals surface area (Å²) in [4.78, 5) is 12.4. The van der Waals surface area contributed by atoms with Gasteiger partial charge in [-0.15, -0.1) is 0 Å². The third kappa shape index (κ3) is 2.23. The van der Waals surface area contributed by atoms with Gasteiger partial charge >= 0.3 is 0 Å². The summed E-state index contributed by atoms with van der Waals surface area (Å²) in [7, 11) is -3.17. The van der Waals surface area contributed by atoms with Gasteiger partial charge in [0.25, 0.3) is 5.91 Å². The zero-order valence-electron chi connectivity index (χ0n) is 10.1. The third-order valence-electron chi connectivity index (χ3n) is 2.97. The van der Waals surface area contributed by atoms with Crippen molar-refractivity contribution in [2.45, 2.75) is 31.1 Å². The summed E-state index contributed by atoms with van der Waals surface area (Å²) >= 11 is 5.83. The molecule has 1 aliphatic rings. The summed E-state index contributed by atoms with van der Waals surface area (Å²) in [6, 6.07) is 4.58. The molecule has 1 heterocycles. The Morgan fingerprint density at radius 1 is 1.33 bits per heavy atom. The lowest BCUT2D eigenvalue weighted by Crippen LogP contribution is -2.28. The first-order chi connectivity index (χ1) is 8.48. The van der Waals surface area contributed by atoms with Crippen LogP contribution < -0.4 is 0 Å². The van der Waals surface area contributed by atoms with E-state index in [0.717, 1.165) is 19.3 Å². The highest BCUT2D eigenvalue weighted by Gasteiger charge is 2.40. The summed E-state index contributed by atoms with van der Waals surface area (Å²) in [6.07, 6.45) is 2.73. The molecule has 0 aromatic heterocycles. The van der Waals surface area contributed by atoms with Crippen LogP contribution in [0.2, 0.25) is 5.02 Å². The Labute approximate surface area is 113 Å². The molecule has 0 unspecified atom stereocenters. The molecule has 1 aromatic carbocycles. The van der Waals surface area contributed by atoms with E-state index in [9.17, 15) is 13.9 Å². The van der Waals surface area contributed by atoms with E-state index in [0.29, 0.717) is 17.1 Å². The van der Waals surface area contributed by atoms with Gasteiger partial charge in [0.15, 0.2) is 0 Å². The molecular formula is C12H16ClNO3S. The number of amides is 1. The maximum Gasteiger partial charge on any atom is 0.274 e. The number of fused-ring (bicyclic) bond motifs is 1. The van der Waals surface area contributed by atoms with Gasteiger partial charge in [-0.3, -0.25) is 13.9 Å². The van der Waals surface area contributed by atoms with E-state index >= 15 is 0 Å². The predicted molar refractivity (Wildman–Crippen MR) is 73.1 cm³/mol. The van der Waals surface area contributed by atoms with Gasteiger partial charge in [0.1, 0.15) is 0 Å². The molecule has 2 rings (SSSR count). The van der Waals surface area contributed by atoms with E-state index in [1.165, 1.54) is 16.4 Å². The Balaban J connectivity index is 2.29. The number of halogens is 1. The number of rotatable bonds is 4. The highest BCUT2D eigenvalue weighted by Crippen LogP contribution is 2.58. The molecule has 0 saturated carbocycles. The first kappa shape index (κ1) is 13.7. The van der Waals surface area contributed by atoms with E-state index in [1.807, 2.05) is 0 Å². The van der Waals surface area contributed by atoms with Crippen molar-refractivity contribution in [3.63, 3.8) is 0 Å². The Bertz CT molecular complexity index is 478. The molecule has 4 nitrogen and oxygen atoms in total. The molecule has 0 radical (unpaired) electrons. The lowest BCUT2D eigenvalue weighted by Gasteiger charge is -2.36. The molecule has 18 heavy (non-hydrogen) atoms. The second kappa shape index (κ2) is 5.09. The van der Waals surface area contributed by atoms with Crippen molar-refractivity contribution >= 4 is 28.3 Å². The predicted octanol–water partition coefficient (Wildman–Crippen LogP) is 4.01. The molecule has 2 N–H and O–H groups in total. The Morgan fingerprint density at radius 3 is 2.72 bits per heavy atom. The molecule has 0 aliphatic carbocycles. The zero-order valence-corrected chi connectivity index (χ0v) is 11.7. The number of nitrogens with zero attached hydrogens (tertiary/aromatic N) is 1. The van der Waals surface area contributed by atoms with Crippen molar-refractivity contribution in [2.75, 3.05) is 6.54 Å². The van der Waals surface area contributed by atoms with Crippen LogP contribution in [-0.2, 0) is 0 Å². The van der Waals surface area contributed by atoms with Crippen molar-refractivity contribution in [3.05, 3.63) is 28.8 Å². The minimum atomic E-state index is -3.17. The van der Waals surface area contributed by atoms with Crippen molar-refractivity contribution in [2.24, 2.45) is 0 Å². The highest BCUT2D eigenvalue weighted by atomic mass is 35.5. The number of unbranched alkanes of at least 4 members (excludes halogenated alkanes) is 2. The van der Waals surface area contributed by atoms with Gasteiger partial charge in [-0.2, -0.15) is 0 Å². The quantitative estimate of drug-likeness (QED) is 0.823. The first-order valence-corrected chi connectivity index (χ1v) is 7.76. The summed E-state index contributed by atoms with van der Waals surface area (Å²) < 4.78 is 21.5. The number of benzene rings is 1. The molecular weight excluding hydrogens is 274 g/mol. The van der Waals surface area contributed by atoms with Crippen LogP contribution in [-0.4, -0.2) is 25.9 Å². The SMILES string of the molecule is CCCCCN1C(=O)c2cc(Cl)ccc2S1(O)O. The van der Waals surface area contributed by atoms with Gasteiger partial charge in [0.05, 0.1) is 10.5 Å². The molecule has 1 aromatic rings. The maximum atomic E-state index is 12.1. The fourth-order valence-electron chi connectivity index (χ4n) is 2.01. The molecule has 6 heteroatoms. The normalized spacial score (nSPS) is 18.9. The average Bonchev–Trinajstić information content (AvgIpc) is 2.50. The largest absolute Gasteiger partial charge is 0.277 e. The standard InChI is InChI=1S/C12H16ClNO3S/c1-2-3-4-7-14-12(15)10-8-9(13)5-6-11(10)18(14,16)17/h5-6,8,16-17H,2-4,7H2,1H3. The number of hydrogen-bond acceptors (Lipinski definition) is 3. The lowest BCUT2D eigenvalue weighted by atomic mass is 10.2. The number of carbonyl (C=O) groups excluding carboxylic acids is 1. The summed E-state index contributed by atoms with van der Waals surface area (Å²) in [5.41, 5.74) is 0.305. The van der Waals surface area contributed by atoms with Crippen molar-refractivity contribution in [1.82, 2.24) is 4.31 Å². The zero-order chi connectivity index (χ0) is 13.3.